The van der Waals surface area contributed by atoms with Crippen molar-refractivity contribution >= 4 is 28.2 Å². The molecule has 0 aliphatic carbocycles. The monoisotopic (exact) mass is 315 g/mol. The van der Waals surface area contributed by atoms with Crippen molar-refractivity contribution in [2.75, 3.05) is 11.1 Å². The molecule has 0 bridgehead atoms. The third kappa shape index (κ3) is 2.56. The third-order valence-electron chi connectivity index (χ3n) is 3.97. The van der Waals surface area contributed by atoms with Gasteiger partial charge >= 0.3 is 0 Å². The van der Waals surface area contributed by atoms with E-state index in [9.17, 15) is 0 Å². The molecule has 0 amide bonds. The smallest absolute Gasteiger partial charge is 0.227 e. The largest absolute Gasteiger partial charge is 0.399 e. The first-order chi connectivity index (χ1) is 11.7. The number of nitrogen functional groups attached to an aromatic ring is 1. The molecule has 5 nitrogen and oxygen atoms in total. The zero-order valence-electron chi connectivity index (χ0n) is 13.3. The number of nitrogens with zero attached hydrogens (tertiary/aromatic N) is 3. The number of aryl methyl sites for hydroxylation is 1. The summed E-state index contributed by atoms with van der Waals surface area (Å²) < 4.78 is 2.11. The summed E-state index contributed by atoms with van der Waals surface area (Å²) in [7, 11) is 2.04. The molecule has 4 rings (SSSR count). The molecular formula is C19H17N5. The maximum absolute atomic E-state index is 5.81. The Labute approximate surface area is 139 Å². The van der Waals surface area contributed by atoms with Crippen LogP contribution in [0.25, 0.3) is 22.2 Å². The number of hydrogen-bond donors (Lipinski definition) is 2. The molecule has 0 unspecified atom stereocenters. The molecule has 0 saturated carbocycles. The molecule has 3 N–H and O–H groups in total. The minimum Gasteiger partial charge on any atom is -0.399 e. The van der Waals surface area contributed by atoms with Gasteiger partial charge in [-0.05, 0) is 30.3 Å². The molecule has 2 heterocycles. The van der Waals surface area contributed by atoms with Crippen LogP contribution in [0, 0.1) is 0 Å². The lowest BCUT2D eigenvalue weighted by atomic mass is 10.1. The minimum atomic E-state index is 0.547. The van der Waals surface area contributed by atoms with Gasteiger partial charge in [0.25, 0.3) is 0 Å². The molecule has 2 aromatic heterocycles. The van der Waals surface area contributed by atoms with Crippen LogP contribution in [0.15, 0.2) is 67.0 Å². The average Bonchev–Trinajstić information content (AvgIpc) is 2.93. The summed E-state index contributed by atoms with van der Waals surface area (Å²) in [5, 5.41) is 4.38. The van der Waals surface area contributed by atoms with E-state index in [1.165, 1.54) is 10.9 Å². The van der Waals surface area contributed by atoms with Crippen molar-refractivity contribution in [3.8, 4) is 11.3 Å². The van der Waals surface area contributed by atoms with Crippen molar-refractivity contribution in [1.29, 1.82) is 0 Å². The Hall–Kier alpha value is -3.34. The van der Waals surface area contributed by atoms with Gasteiger partial charge in [-0.3, -0.25) is 0 Å². The Balaban J connectivity index is 1.74. The number of nitrogens with two attached hydrogens (primary N) is 1. The standard InChI is InChI=1S/C19H17N5/c1-24-12-16(15-7-2-3-8-18(15)24)17-9-10-21-19(23-17)22-14-6-4-5-13(20)11-14/h2-12H,20H2,1H3,(H,21,22,23). The van der Waals surface area contributed by atoms with Gasteiger partial charge in [0, 0.05) is 47.3 Å². The van der Waals surface area contributed by atoms with E-state index in [1.54, 1.807) is 6.20 Å². The van der Waals surface area contributed by atoms with Gasteiger partial charge in [0.05, 0.1) is 5.69 Å². The van der Waals surface area contributed by atoms with Gasteiger partial charge in [0.1, 0.15) is 0 Å². The summed E-state index contributed by atoms with van der Waals surface area (Å²) in [4.78, 5) is 8.96. The third-order valence-corrected chi connectivity index (χ3v) is 3.97. The first-order valence-corrected chi connectivity index (χ1v) is 7.71. The molecular weight excluding hydrogens is 298 g/mol. The van der Waals surface area contributed by atoms with Crippen LogP contribution in [0.3, 0.4) is 0 Å². The van der Waals surface area contributed by atoms with Crippen LogP contribution in [0.5, 0.6) is 0 Å². The quantitative estimate of drug-likeness (QED) is 0.561. The summed E-state index contributed by atoms with van der Waals surface area (Å²) in [5.74, 6) is 0.547. The van der Waals surface area contributed by atoms with Crippen LogP contribution < -0.4 is 11.1 Å². The van der Waals surface area contributed by atoms with Gasteiger partial charge in [-0.25, -0.2) is 9.97 Å². The zero-order valence-corrected chi connectivity index (χ0v) is 13.3. The highest BCUT2D eigenvalue weighted by Gasteiger charge is 2.10. The van der Waals surface area contributed by atoms with Gasteiger partial charge in [-0.2, -0.15) is 0 Å². The lowest BCUT2D eigenvalue weighted by molar-refractivity contribution is 0.969. The van der Waals surface area contributed by atoms with Crippen molar-refractivity contribution in [3.05, 3.63) is 67.0 Å². The zero-order chi connectivity index (χ0) is 16.5. The van der Waals surface area contributed by atoms with Gasteiger partial charge < -0.3 is 15.6 Å². The van der Waals surface area contributed by atoms with E-state index in [0.29, 0.717) is 11.6 Å². The van der Waals surface area contributed by atoms with Crippen molar-refractivity contribution < 1.29 is 0 Å². The van der Waals surface area contributed by atoms with Crippen LogP contribution >= 0.6 is 0 Å². The highest BCUT2D eigenvalue weighted by atomic mass is 15.1. The van der Waals surface area contributed by atoms with Gasteiger partial charge in [0.2, 0.25) is 5.95 Å². The number of aromatic nitrogens is 3. The molecule has 0 spiro atoms. The molecule has 0 radical (unpaired) electrons. The van der Waals surface area contributed by atoms with E-state index in [0.717, 1.165) is 16.9 Å². The maximum Gasteiger partial charge on any atom is 0.227 e. The van der Waals surface area contributed by atoms with Crippen LogP contribution in [-0.4, -0.2) is 14.5 Å². The molecule has 0 aliphatic heterocycles. The highest BCUT2D eigenvalue weighted by molar-refractivity contribution is 5.95. The fourth-order valence-corrected chi connectivity index (χ4v) is 2.86. The number of fused-ring (bicyclic) bond motifs is 1. The number of rotatable bonds is 3. The molecule has 0 saturated heterocycles. The van der Waals surface area contributed by atoms with Gasteiger partial charge in [-0.15, -0.1) is 0 Å². The Morgan fingerprint density at radius 2 is 1.92 bits per heavy atom. The number of hydrogen-bond acceptors (Lipinski definition) is 4. The molecule has 24 heavy (non-hydrogen) atoms. The maximum atomic E-state index is 5.81. The minimum absolute atomic E-state index is 0.547. The Morgan fingerprint density at radius 1 is 1.04 bits per heavy atom. The van der Waals surface area contributed by atoms with Crippen molar-refractivity contribution in [2.45, 2.75) is 0 Å². The molecule has 2 aromatic carbocycles. The first kappa shape index (κ1) is 14.3. The number of nitrogens with one attached hydrogen (secondary N) is 1. The summed E-state index contributed by atoms with van der Waals surface area (Å²) in [6.07, 6.45) is 3.86. The highest BCUT2D eigenvalue weighted by Crippen LogP contribution is 2.29. The second kappa shape index (κ2) is 5.70. The predicted octanol–water partition coefficient (Wildman–Crippen LogP) is 3.96. The van der Waals surface area contributed by atoms with Crippen molar-refractivity contribution in [2.24, 2.45) is 7.05 Å². The lowest BCUT2D eigenvalue weighted by Crippen LogP contribution is -1.98. The number of para-hydroxylation sites is 1. The summed E-state index contributed by atoms with van der Waals surface area (Å²) in [6, 6.07) is 17.7. The number of benzene rings is 2. The fourth-order valence-electron chi connectivity index (χ4n) is 2.86. The van der Waals surface area contributed by atoms with E-state index in [1.807, 2.05) is 49.5 Å². The molecule has 5 heteroatoms. The summed E-state index contributed by atoms with van der Waals surface area (Å²) in [6.45, 7) is 0. The molecule has 4 aromatic rings. The molecule has 0 fully saturated rings. The van der Waals surface area contributed by atoms with E-state index in [2.05, 4.69) is 38.2 Å². The second-order valence-corrected chi connectivity index (χ2v) is 5.69. The van der Waals surface area contributed by atoms with E-state index >= 15 is 0 Å². The fraction of sp³-hybridized carbons (Fsp3) is 0.0526. The van der Waals surface area contributed by atoms with Crippen LogP contribution in [0.1, 0.15) is 0 Å². The Bertz CT molecular complexity index is 1020. The SMILES string of the molecule is Cn1cc(-c2ccnc(Nc3cccc(N)c3)n2)c2ccccc21. The van der Waals surface area contributed by atoms with Crippen LogP contribution in [0.4, 0.5) is 17.3 Å². The van der Waals surface area contributed by atoms with Gasteiger partial charge in [-0.1, -0.05) is 24.3 Å². The van der Waals surface area contributed by atoms with E-state index < -0.39 is 0 Å². The summed E-state index contributed by atoms with van der Waals surface area (Å²) >= 11 is 0. The Morgan fingerprint density at radius 3 is 2.79 bits per heavy atom. The average molecular weight is 315 g/mol. The van der Waals surface area contributed by atoms with Crippen molar-refractivity contribution in [1.82, 2.24) is 14.5 Å². The Kier molecular flexibility index (Phi) is 3.39. The van der Waals surface area contributed by atoms with Crippen LogP contribution in [-0.2, 0) is 7.05 Å². The molecule has 0 atom stereocenters. The lowest BCUT2D eigenvalue weighted by Gasteiger charge is -2.07. The molecule has 118 valence electrons. The molecule has 0 aliphatic rings. The van der Waals surface area contributed by atoms with Gasteiger partial charge in [0.15, 0.2) is 0 Å². The summed E-state index contributed by atoms with van der Waals surface area (Å²) in [5.41, 5.74) is 10.5. The topological polar surface area (TPSA) is 68.8 Å². The van der Waals surface area contributed by atoms with Crippen molar-refractivity contribution in [3.63, 3.8) is 0 Å². The second-order valence-electron chi connectivity index (χ2n) is 5.69. The normalized spacial score (nSPS) is 10.9. The first-order valence-electron chi connectivity index (χ1n) is 7.71. The predicted molar refractivity (Wildman–Crippen MR) is 98.1 cm³/mol. The van der Waals surface area contributed by atoms with Crippen LogP contribution in [0.2, 0.25) is 0 Å². The van der Waals surface area contributed by atoms with E-state index in [-0.39, 0.29) is 0 Å². The van der Waals surface area contributed by atoms with E-state index in [4.69, 9.17) is 5.73 Å². The number of anilines is 3.